The number of piperidine rings is 1. The SMILES string of the molecule is C[C@@H](N)[C@@H]1CCCCN1C(=O)c1ccc(Cl)cc1F. The standard InChI is InChI=1S/C14H18ClFN2O/c1-9(17)13-4-2-3-7-18(13)14(19)11-6-5-10(15)8-12(11)16/h5-6,8-9,13H,2-4,7,17H2,1H3/t9-,13+/m1/s1. The van der Waals surface area contributed by atoms with Crippen molar-refractivity contribution in [1.82, 2.24) is 4.90 Å². The predicted octanol–water partition coefficient (Wildman–Crippen LogP) is 2.82. The minimum atomic E-state index is -0.577. The van der Waals surface area contributed by atoms with Gasteiger partial charge in [0.15, 0.2) is 0 Å². The quantitative estimate of drug-likeness (QED) is 0.908. The molecule has 1 heterocycles. The van der Waals surface area contributed by atoms with Crippen molar-refractivity contribution < 1.29 is 9.18 Å². The molecule has 19 heavy (non-hydrogen) atoms. The molecule has 2 N–H and O–H groups in total. The highest BCUT2D eigenvalue weighted by Crippen LogP contribution is 2.23. The lowest BCUT2D eigenvalue weighted by Crippen LogP contribution is -2.51. The number of nitrogens with zero attached hydrogens (tertiary/aromatic N) is 1. The van der Waals surface area contributed by atoms with Crippen molar-refractivity contribution in [3.05, 3.63) is 34.6 Å². The summed E-state index contributed by atoms with van der Waals surface area (Å²) in [5.74, 6) is -0.873. The molecule has 0 radical (unpaired) electrons. The minimum Gasteiger partial charge on any atom is -0.334 e. The average Bonchev–Trinajstić information content (AvgIpc) is 2.38. The molecule has 1 aliphatic rings. The van der Waals surface area contributed by atoms with Gasteiger partial charge < -0.3 is 10.6 Å². The van der Waals surface area contributed by atoms with E-state index in [-0.39, 0.29) is 28.6 Å². The smallest absolute Gasteiger partial charge is 0.257 e. The summed E-state index contributed by atoms with van der Waals surface area (Å²) in [6, 6.07) is 4.01. The van der Waals surface area contributed by atoms with E-state index in [0.717, 1.165) is 19.3 Å². The summed E-state index contributed by atoms with van der Waals surface area (Å²) < 4.78 is 13.8. The van der Waals surface area contributed by atoms with Gasteiger partial charge in [-0.05, 0) is 44.4 Å². The van der Waals surface area contributed by atoms with Crippen LogP contribution in [0.15, 0.2) is 18.2 Å². The Balaban J connectivity index is 2.26. The van der Waals surface area contributed by atoms with Crippen LogP contribution in [-0.4, -0.2) is 29.4 Å². The number of hydrogen-bond donors (Lipinski definition) is 1. The summed E-state index contributed by atoms with van der Waals surface area (Å²) in [6.07, 6.45) is 2.86. The monoisotopic (exact) mass is 284 g/mol. The van der Waals surface area contributed by atoms with E-state index in [0.29, 0.717) is 6.54 Å². The molecule has 0 bridgehead atoms. The fourth-order valence-corrected chi connectivity index (χ4v) is 2.73. The van der Waals surface area contributed by atoms with Crippen LogP contribution < -0.4 is 5.73 Å². The van der Waals surface area contributed by atoms with Crippen LogP contribution >= 0.6 is 11.6 Å². The molecule has 0 unspecified atom stereocenters. The van der Waals surface area contributed by atoms with Gasteiger partial charge in [-0.3, -0.25) is 4.79 Å². The third kappa shape index (κ3) is 3.07. The van der Waals surface area contributed by atoms with Gasteiger partial charge in [0.25, 0.3) is 5.91 Å². The van der Waals surface area contributed by atoms with Crippen LogP contribution in [-0.2, 0) is 0 Å². The van der Waals surface area contributed by atoms with Crippen molar-refractivity contribution in [3.8, 4) is 0 Å². The molecule has 2 rings (SSSR count). The van der Waals surface area contributed by atoms with Crippen LogP contribution in [0.2, 0.25) is 5.02 Å². The molecule has 1 aliphatic heterocycles. The molecule has 0 aromatic heterocycles. The highest BCUT2D eigenvalue weighted by Gasteiger charge is 2.30. The molecule has 0 saturated carbocycles. The molecule has 2 atom stereocenters. The lowest BCUT2D eigenvalue weighted by atomic mass is 9.96. The molecule has 1 aromatic carbocycles. The summed E-state index contributed by atoms with van der Waals surface area (Å²) in [5.41, 5.74) is 5.99. The van der Waals surface area contributed by atoms with E-state index in [9.17, 15) is 9.18 Å². The number of halogens is 2. The Hall–Kier alpha value is -1.13. The van der Waals surface area contributed by atoms with Crippen LogP contribution in [0.4, 0.5) is 4.39 Å². The lowest BCUT2D eigenvalue weighted by molar-refractivity contribution is 0.0579. The van der Waals surface area contributed by atoms with Gasteiger partial charge in [0, 0.05) is 23.7 Å². The zero-order valence-electron chi connectivity index (χ0n) is 10.9. The third-order valence-electron chi connectivity index (χ3n) is 3.58. The molecular weight excluding hydrogens is 267 g/mol. The Morgan fingerprint density at radius 1 is 1.53 bits per heavy atom. The van der Waals surface area contributed by atoms with Gasteiger partial charge in [-0.15, -0.1) is 0 Å². The zero-order valence-corrected chi connectivity index (χ0v) is 11.7. The maximum Gasteiger partial charge on any atom is 0.257 e. The first kappa shape index (κ1) is 14.3. The van der Waals surface area contributed by atoms with Crippen LogP contribution in [0.3, 0.4) is 0 Å². The van der Waals surface area contributed by atoms with Gasteiger partial charge in [0.1, 0.15) is 5.82 Å². The van der Waals surface area contributed by atoms with Crippen molar-refractivity contribution in [3.63, 3.8) is 0 Å². The summed E-state index contributed by atoms with van der Waals surface area (Å²) in [4.78, 5) is 14.1. The Labute approximate surface area is 117 Å². The van der Waals surface area contributed by atoms with Crippen molar-refractivity contribution in [1.29, 1.82) is 0 Å². The summed E-state index contributed by atoms with van der Waals surface area (Å²) >= 11 is 5.70. The molecule has 1 saturated heterocycles. The van der Waals surface area contributed by atoms with Crippen molar-refractivity contribution in [2.75, 3.05) is 6.54 Å². The Kier molecular flexibility index (Phi) is 4.42. The van der Waals surface area contributed by atoms with Crippen LogP contribution in [0, 0.1) is 5.82 Å². The molecule has 0 aliphatic carbocycles. The molecule has 5 heteroatoms. The second kappa shape index (κ2) is 5.88. The van der Waals surface area contributed by atoms with E-state index >= 15 is 0 Å². The Bertz CT molecular complexity index is 479. The summed E-state index contributed by atoms with van der Waals surface area (Å²) in [5, 5.41) is 0.288. The first-order valence-electron chi connectivity index (χ1n) is 6.52. The first-order valence-corrected chi connectivity index (χ1v) is 6.90. The molecular formula is C14H18ClFN2O. The second-order valence-corrected chi connectivity index (χ2v) is 5.48. The van der Waals surface area contributed by atoms with Gasteiger partial charge >= 0.3 is 0 Å². The van der Waals surface area contributed by atoms with E-state index in [4.69, 9.17) is 17.3 Å². The van der Waals surface area contributed by atoms with Crippen LogP contribution in [0.1, 0.15) is 36.5 Å². The molecule has 1 fully saturated rings. The fourth-order valence-electron chi connectivity index (χ4n) is 2.57. The van der Waals surface area contributed by atoms with E-state index in [1.54, 1.807) is 4.90 Å². The number of rotatable bonds is 2. The number of nitrogens with two attached hydrogens (primary N) is 1. The molecule has 104 valence electrons. The maximum absolute atomic E-state index is 13.8. The van der Waals surface area contributed by atoms with Crippen LogP contribution in [0.25, 0.3) is 0 Å². The largest absolute Gasteiger partial charge is 0.334 e. The summed E-state index contributed by atoms with van der Waals surface area (Å²) in [7, 11) is 0. The second-order valence-electron chi connectivity index (χ2n) is 5.04. The van der Waals surface area contributed by atoms with Gasteiger partial charge in [-0.2, -0.15) is 0 Å². The number of carbonyl (C=O) groups is 1. The number of amides is 1. The van der Waals surface area contributed by atoms with E-state index in [1.807, 2.05) is 6.92 Å². The first-order chi connectivity index (χ1) is 9.00. The zero-order chi connectivity index (χ0) is 14.0. The average molecular weight is 285 g/mol. The maximum atomic E-state index is 13.8. The van der Waals surface area contributed by atoms with Gasteiger partial charge in [-0.25, -0.2) is 4.39 Å². The van der Waals surface area contributed by atoms with Crippen molar-refractivity contribution >= 4 is 17.5 Å². The van der Waals surface area contributed by atoms with Gasteiger partial charge in [-0.1, -0.05) is 11.6 Å². The molecule has 3 nitrogen and oxygen atoms in total. The number of hydrogen-bond acceptors (Lipinski definition) is 2. The molecule has 0 spiro atoms. The van der Waals surface area contributed by atoms with Gasteiger partial charge in [0.2, 0.25) is 0 Å². The van der Waals surface area contributed by atoms with Gasteiger partial charge in [0.05, 0.1) is 5.56 Å². The number of likely N-dealkylation sites (tertiary alicyclic amines) is 1. The van der Waals surface area contributed by atoms with Crippen molar-refractivity contribution in [2.45, 2.75) is 38.3 Å². The highest BCUT2D eigenvalue weighted by molar-refractivity contribution is 6.30. The highest BCUT2D eigenvalue weighted by atomic mass is 35.5. The molecule has 1 aromatic rings. The Morgan fingerprint density at radius 2 is 2.26 bits per heavy atom. The van der Waals surface area contributed by atoms with E-state index < -0.39 is 5.82 Å². The number of carbonyl (C=O) groups excluding carboxylic acids is 1. The fraction of sp³-hybridized carbons (Fsp3) is 0.500. The third-order valence-corrected chi connectivity index (χ3v) is 3.81. The minimum absolute atomic E-state index is 0.0173. The summed E-state index contributed by atoms with van der Waals surface area (Å²) in [6.45, 7) is 2.52. The normalized spacial score (nSPS) is 21.3. The Morgan fingerprint density at radius 3 is 2.89 bits per heavy atom. The predicted molar refractivity (Wildman–Crippen MR) is 73.7 cm³/mol. The topological polar surface area (TPSA) is 46.3 Å². The lowest BCUT2D eigenvalue weighted by Gasteiger charge is -2.38. The van der Waals surface area contributed by atoms with E-state index in [1.165, 1.54) is 18.2 Å². The van der Waals surface area contributed by atoms with Crippen molar-refractivity contribution in [2.24, 2.45) is 5.73 Å². The van der Waals surface area contributed by atoms with E-state index in [2.05, 4.69) is 0 Å². The molecule has 1 amide bonds. The number of benzene rings is 1. The van der Waals surface area contributed by atoms with Crippen LogP contribution in [0.5, 0.6) is 0 Å².